The van der Waals surface area contributed by atoms with Crippen molar-refractivity contribution in [1.29, 1.82) is 0 Å². The van der Waals surface area contributed by atoms with Gasteiger partial charge >= 0.3 is 0 Å². The number of likely N-dealkylation sites (tertiary alicyclic amines) is 1. The van der Waals surface area contributed by atoms with Crippen LogP contribution in [0.5, 0.6) is 0 Å². The third-order valence-corrected chi connectivity index (χ3v) is 6.46. The standard InChI is InChI=1S/C22H27N7O2S/c1-13-5-8-23-18(11-13)25-20(31)16-6-9-28(10-7-16)19(30)12-17-14(2)24-21-26-22(32-4)27-29(21)15(17)3/h5,8,11,16H,6-7,9-10,12H2,1-4H3,(H,23,25,31). The van der Waals surface area contributed by atoms with Crippen molar-refractivity contribution < 1.29 is 9.59 Å². The van der Waals surface area contributed by atoms with Crippen LogP contribution in [0.15, 0.2) is 23.5 Å². The largest absolute Gasteiger partial charge is 0.342 e. The SMILES string of the molecule is CSc1nc2nc(C)c(CC(=O)N3CCC(C(=O)Nc4cc(C)ccn4)CC3)c(C)n2n1. The van der Waals surface area contributed by atoms with Gasteiger partial charge in [0.25, 0.3) is 5.78 Å². The fraction of sp³-hybridized carbons (Fsp3) is 0.455. The quantitative estimate of drug-likeness (QED) is 0.592. The number of aryl methyl sites for hydroxylation is 3. The van der Waals surface area contributed by atoms with Gasteiger partial charge in [0.2, 0.25) is 17.0 Å². The summed E-state index contributed by atoms with van der Waals surface area (Å²) >= 11 is 1.46. The lowest BCUT2D eigenvalue weighted by molar-refractivity contribution is -0.133. The van der Waals surface area contributed by atoms with E-state index < -0.39 is 0 Å². The summed E-state index contributed by atoms with van der Waals surface area (Å²) in [6, 6.07) is 3.74. The fourth-order valence-corrected chi connectivity index (χ4v) is 4.36. The number of amides is 2. The Morgan fingerprint density at radius 2 is 1.94 bits per heavy atom. The van der Waals surface area contributed by atoms with Crippen molar-refractivity contribution in [2.45, 2.75) is 45.2 Å². The van der Waals surface area contributed by atoms with Gasteiger partial charge in [-0.25, -0.2) is 14.5 Å². The molecule has 4 heterocycles. The molecule has 0 spiro atoms. The molecule has 0 saturated carbocycles. The molecule has 168 valence electrons. The highest BCUT2D eigenvalue weighted by Gasteiger charge is 2.28. The van der Waals surface area contributed by atoms with Crippen LogP contribution in [0, 0.1) is 26.7 Å². The van der Waals surface area contributed by atoms with E-state index >= 15 is 0 Å². The number of fused-ring (bicyclic) bond motifs is 1. The number of hydrogen-bond acceptors (Lipinski definition) is 7. The first-order valence-electron chi connectivity index (χ1n) is 10.6. The van der Waals surface area contributed by atoms with Gasteiger partial charge in [0.1, 0.15) is 5.82 Å². The van der Waals surface area contributed by atoms with Crippen LogP contribution in [-0.4, -0.2) is 60.6 Å². The van der Waals surface area contributed by atoms with E-state index in [1.165, 1.54) is 11.8 Å². The van der Waals surface area contributed by atoms with Crippen LogP contribution in [0.4, 0.5) is 5.82 Å². The molecule has 2 amide bonds. The lowest BCUT2D eigenvalue weighted by atomic mass is 9.95. The second-order valence-electron chi connectivity index (χ2n) is 8.11. The average Bonchev–Trinajstić information content (AvgIpc) is 3.20. The molecule has 0 bridgehead atoms. The second-order valence-corrected chi connectivity index (χ2v) is 8.88. The van der Waals surface area contributed by atoms with Crippen molar-refractivity contribution in [3.05, 3.63) is 40.8 Å². The number of carbonyl (C=O) groups excluding carboxylic acids is 2. The Labute approximate surface area is 191 Å². The van der Waals surface area contributed by atoms with Crippen molar-refractivity contribution in [3.8, 4) is 0 Å². The van der Waals surface area contributed by atoms with Gasteiger partial charge in [0.05, 0.1) is 6.42 Å². The Morgan fingerprint density at radius 3 is 2.62 bits per heavy atom. The van der Waals surface area contributed by atoms with E-state index in [2.05, 4.69) is 25.4 Å². The number of nitrogens with one attached hydrogen (secondary N) is 1. The molecule has 1 aliphatic rings. The normalized spacial score (nSPS) is 14.7. The van der Waals surface area contributed by atoms with Crippen LogP contribution in [0.25, 0.3) is 5.78 Å². The molecule has 0 aromatic carbocycles. The molecule has 0 aliphatic carbocycles. The number of thioether (sulfide) groups is 1. The summed E-state index contributed by atoms with van der Waals surface area (Å²) < 4.78 is 1.71. The summed E-state index contributed by atoms with van der Waals surface area (Å²) in [5, 5.41) is 8.01. The minimum Gasteiger partial charge on any atom is -0.342 e. The summed E-state index contributed by atoms with van der Waals surface area (Å²) in [5.74, 6) is 1.01. The van der Waals surface area contributed by atoms with Gasteiger partial charge in [0, 0.05) is 42.2 Å². The number of aromatic nitrogens is 5. The van der Waals surface area contributed by atoms with Crippen LogP contribution in [0.2, 0.25) is 0 Å². The van der Waals surface area contributed by atoms with Crippen molar-refractivity contribution >= 4 is 35.2 Å². The monoisotopic (exact) mass is 453 g/mol. The molecule has 1 saturated heterocycles. The van der Waals surface area contributed by atoms with Crippen LogP contribution >= 0.6 is 11.8 Å². The Balaban J connectivity index is 1.38. The molecule has 4 rings (SSSR count). The molecule has 0 radical (unpaired) electrons. The molecule has 1 aliphatic heterocycles. The predicted molar refractivity (Wildman–Crippen MR) is 123 cm³/mol. The number of rotatable bonds is 5. The zero-order valence-electron chi connectivity index (χ0n) is 18.8. The van der Waals surface area contributed by atoms with Gasteiger partial charge in [-0.2, -0.15) is 4.98 Å². The topological polar surface area (TPSA) is 105 Å². The van der Waals surface area contributed by atoms with Crippen molar-refractivity contribution in [1.82, 2.24) is 29.5 Å². The van der Waals surface area contributed by atoms with Crippen molar-refractivity contribution in [3.63, 3.8) is 0 Å². The van der Waals surface area contributed by atoms with E-state index in [4.69, 9.17) is 0 Å². The maximum atomic E-state index is 13.0. The molecule has 0 unspecified atom stereocenters. The van der Waals surface area contributed by atoms with E-state index in [0.29, 0.717) is 42.7 Å². The Bertz CT molecular complexity index is 1170. The highest BCUT2D eigenvalue weighted by Crippen LogP contribution is 2.22. The highest BCUT2D eigenvalue weighted by atomic mass is 32.2. The highest BCUT2D eigenvalue weighted by molar-refractivity contribution is 7.98. The number of carbonyl (C=O) groups is 2. The van der Waals surface area contributed by atoms with Gasteiger partial charge in [-0.3, -0.25) is 9.59 Å². The van der Waals surface area contributed by atoms with Crippen molar-refractivity contribution in [2.75, 3.05) is 24.7 Å². The molecule has 3 aromatic heterocycles. The van der Waals surface area contributed by atoms with Gasteiger partial charge in [0.15, 0.2) is 0 Å². The number of piperidine rings is 1. The molecule has 32 heavy (non-hydrogen) atoms. The third kappa shape index (κ3) is 4.59. The molecular weight excluding hydrogens is 426 g/mol. The molecular formula is C22H27N7O2S. The number of hydrogen-bond donors (Lipinski definition) is 1. The third-order valence-electron chi connectivity index (χ3n) is 5.93. The summed E-state index contributed by atoms with van der Waals surface area (Å²) in [5.41, 5.74) is 3.60. The lowest BCUT2D eigenvalue weighted by Crippen LogP contribution is -2.42. The first-order chi connectivity index (χ1) is 15.4. The first-order valence-corrected chi connectivity index (χ1v) is 11.9. The van der Waals surface area contributed by atoms with Gasteiger partial charge in [-0.1, -0.05) is 11.8 Å². The maximum absolute atomic E-state index is 13.0. The zero-order chi connectivity index (χ0) is 22.8. The van der Waals surface area contributed by atoms with E-state index in [0.717, 1.165) is 22.5 Å². The van der Waals surface area contributed by atoms with E-state index in [1.54, 1.807) is 10.7 Å². The molecule has 3 aromatic rings. The lowest BCUT2D eigenvalue weighted by Gasteiger charge is -2.31. The van der Waals surface area contributed by atoms with Crippen LogP contribution in [0.1, 0.15) is 35.4 Å². The molecule has 1 fully saturated rings. The van der Waals surface area contributed by atoms with Crippen LogP contribution in [0.3, 0.4) is 0 Å². The summed E-state index contributed by atoms with van der Waals surface area (Å²) in [6.45, 7) is 6.93. The molecule has 1 N–H and O–H groups in total. The average molecular weight is 454 g/mol. The minimum atomic E-state index is -0.122. The fourth-order valence-electron chi connectivity index (χ4n) is 4.02. The minimum absolute atomic E-state index is 0.0349. The van der Waals surface area contributed by atoms with E-state index in [1.807, 2.05) is 44.1 Å². The summed E-state index contributed by atoms with van der Waals surface area (Å²) in [6.07, 6.45) is 5.14. The number of pyridine rings is 1. The van der Waals surface area contributed by atoms with Crippen LogP contribution in [-0.2, 0) is 16.0 Å². The number of nitrogens with zero attached hydrogens (tertiary/aromatic N) is 6. The molecule has 10 heteroatoms. The Kier molecular flexibility index (Phi) is 6.40. The zero-order valence-corrected chi connectivity index (χ0v) is 19.6. The number of anilines is 1. The summed E-state index contributed by atoms with van der Waals surface area (Å²) in [4.78, 5) is 40.6. The molecule has 9 nitrogen and oxygen atoms in total. The van der Waals surface area contributed by atoms with Crippen LogP contribution < -0.4 is 5.32 Å². The van der Waals surface area contributed by atoms with E-state index in [-0.39, 0.29) is 24.2 Å². The van der Waals surface area contributed by atoms with E-state index in [9.17, 15) is 9.59 Å². The van der Waals surface area contributed by atoms with Gasteiger partial charge in [-0.05, 0) is 57.6 Å². The summed E-state index contributed by atoms with van der Waals surface area (Å²) in [7, 11) is 0. The Morgan fingerprint density at radius 1 is 1.19 bits per heavy atom. The van der Waals surface area contributed by atoms with Crippen molar-refractivity contribution in [2.24, 2.45) is 5.92 Å². The van der Waals surface area contributed by atoms with Gasteiger partial charge in [-0.15, -0.1) is 5.10 Å². The van der Waals surface area contributed by atoms with Gasteiger partial charge < -0.3 is 10.2 Å². The first kappa shape index (κ1) is 22.2. The second kappa shape index (κ2) is 9.23. The maximum Gasteiger partial charge on any atom is 0.253 e. The Hall–Kier alpha value is -3.01. The smallest absolute Gasteiger partial charge is 0.253 e. The predicted octanol–water partition coefficient (Wildman–Crippen LogP) is 2.59. The molecule has 0 atom stereocenters.